The number of hydrogen-bond acceptors (Lipinski definition) is 5. The van der Waals surface area contributed by atoms with Crippen LogP contribution in [0.15, 0.2) is 59.8 Å². The molecule has 0 radical (unpaired) electrons. The van der Waals surface area contributed by atoms with Crippen molar-refractivity contribution in [3.63, 3.8) is 0 Å². The Kier molecular flexibility index (Phi) is 5.02. The number of hydrogen-bond donors (Lipinski definition) is 2. The molecule has 0 aliphatic carbocycles. The molecule has 23 heavy (non-hydrogen) atoms. The fourth-order valence-corrected chi connectivity index (χ4v) is 2.62. The minimum atomic E-state index is 0.395. The summed E-state index contributed by atoms with van der Waals surface area (Å²) in [6.07, 6.45) is 3.29. The Bertz CT molecular complexity index is 714. The first-order chi connectivity index (χ1) is 11.2. The highest BCUT2D eigenvalue weighted by Gasteiger charge is 2.15. The number of hydrazine groups is 2. The maximum absolute atomic E-state index is 6.30. The van der Waals surface area contributed by atoms with Crippen LogP contribution < -0.4 is 11.1 Å². The van der Waals surface area contributed by atoms with Crippen LogP contribution in [-0.2, 0) is 11.3 Å². The van der Waals surface area contributed by atoms with Crippen LogP contribution in [0.25, 0.3) is 5.76 Å². The lowest BCUT2D eigenvalue weighted by Gasteiger charge is -2.16. The summed E-state index contributed by atoms with van der Waals surface area (Å²) < 4.78 is 5.96. The van der Waals surface area contributed by atoms with Crippen molar-refractivity contribution in [3.8, 4) is 0 Å². The van der Waals surface area contributed by atoms with Gasteiger partial charge in [0.1, 0.15) is 18.7 Å². The molecular weight excluding hydrogens is 335 g/mol. The molecule has 7 heteroatoms. The molecule has 2 N–H and O–H groups in total. The number of benzene rings is 2. The highest BCUT2D eigenvalue weighted by atomic mass is 35.5. The molecule has 0 unspecified atom stereocenters. The minimum absolute atomic E-state index is 0.395. The van der Waals surface area contributed by atoms with Crippen molar-refractivity contribution >= 4 is 35.3 Å². The van der Waals surface area contributed by atoms with Gasteiger partial charge in [0.05, 0.1) is 21.8 Å². The zero-order chi connectivity index (χ0) is 16.1. The van der Waals surface area contributed by atoms with Gasteiger partial charge in [0.2, 0.25) is 0 Å². The average Bonchev–Trinajstić information content (AvgIpc) is 3.06. The molecule has 0 saturated carbocycles. The molecule has 0 aromatic heterocycles. The maximum Gasteiger partial charge on any atom is 0.147 e. The Morgan fingerprint density at radius 2 is 1.83 bits per heavy atom. The van der Waals surface area contributed by atoms with Crippen LogP contribution >= 0.6 is 23.2 Å². The van der Waals surface area contributed by atoms with Gasteiger partial charge in [-0.3, -0.25) is 0 Å². The van der Waals surface area contributed by atoms with E-state index in [1.54, 1.807) is 35.7 Å². The highest BCUT2D eigenvalue weighted by molar-refractivity contribution is 6.37. The number of halogens is 2. The Morgan fingerprint density at radius 1 is 1.09 bits per heavy atom. The van der Waals surface area contributed by atoms with E-state index < -0.39 is 0 Å². The molecule has 0 saturated heterocycles. The van der Waals surface area contributed by atoms with E-state index in [4.69, 9.17) is 27.9 Å². The van der Waals surface area contributed by atoms with E-state index in [0.717, 1.165) is 5.56 Å². The monoisotopic (exact) mass is 348 g/mol. The van der Waals surface area contributed by atoms with Crippen LogP contribution in [-0.4, -0.2) is 11.3 Å². The zero-order valence-electron chi connectivity index (χ0n) is 12.0. The van der Waals surface area contributed by atoms with Crippen molar-refractivity contribution in [2.24, 2.45) is 5.10 Å². The van der Waals surface area contributed by atoms with Crippen LogP contribution in [0.1, 0.15) is 11.1 Å². The standard InChI is InChI=1S/C16H14Cl2N4O/c17-13-7-4-8-14(18)16(13)15(9-22-11-19-20-21-22)23-10-12-5-2-1-3-6-12/h1-9,11,20-21H,10H2. The zero-order valence-corrected chi connectivity index (χ0v) is 13.6. The van der Waals surface area contributed by atoms with E-state index in [-0.39, 0.29) is 0 Å². The van der Waals surface area contributed by atoms with Crippen molar-refractivity contribution in [2.75, 3.05) is 0 Å². The van der Waals surface area contributed by atoms with Gasteiger partial charge in [0, 0.05) is 0 Å². The number of ether oxygens (including phenoxy) is 1. The molecule has 0 fully saturated rings. The first-order valence-corrected chi connectivity index (χ1v) is 7.65. The SMILES string of the molecule is Clc1cccc(Cl)c1C(=CN1C=NNN1)OCc1ccccc1. The molecule has 3 rings (SSSR count). The molecule has 1 aliphatic rings. The molecule has 0 atom stereocenters. The first-order valence-electron chi connectivity index (χ1n) is 6.89. The third-order valence-corrected chi connectivity index (χ3v) is 3.76. The predicted octanol–water partition coefficient (Wildman–Crippen LogP) is 3.78. The van der Waals surface area contributed by atoms with E-state index in [9.17, 15) is 0 Å². The van der Waals surface area contributed by atoms with Crippen LogP contribution in [0.4, 0.5) is 0 Å². The van der Waals surface area contributed by atoms with Gasteiger partial charge in [-0.1, -0.05) is 59.6 Å². The van der Waals surface area contributed by atoms with Gasteiger partial charge in [-0.2, -0.15) is 5.10 Å². The van der Waals surface area contributed by atoms with Crippen molar-refractivity contribution in [2.45, 2.75) is 6.61 Å². The summed E-state index contributed by atoms with van der Waals surface area (Å²) in [5.41, 5.74) is 7.10. The van der Waals surface area contributed by atoms with Crippen LogP contribution in [0.2, 0.25) is 10.0 Å². The molecule has 0 spiro atoms. The molecule has 2 aromatic carbocycles. The maximum atomic E-state index is 6.30. The van der Waals surface area contributed by atoms with Crippen molar-refractivity contribution < 1.29 is 4.74 Å². The van der Waals surface area contributed by atoms with E-state index in [1.807, 2.05) is 30.3 Å². The molecule has 1 aliphatic heterocycles. The third-order valence-electron chi connectivity index (χ3n) is 3.13. The fraction of sp³-hybridized carbons (Fsp3) is 0.0625. The Morgan fingerprint density at radius 3 is 2.48 bits per heavy atom. The summed E-state index contributed by atoms with van der Waals surface area (Å²) >= 11 is 12.6. The quantitative estimate of drug-likeness (QED) is 0.807. The largest absolute Gasteiger partial charge is 0.487 e. The van der Waals surface area contributed by atoms with E-state index in [2.05, 4.69) is 16.2 Å². The van der Waals surface area contributed by atoms with Gasteiger partial charge in [-0.25, -0.2) is 10.5 Å². The number of hydrazone groups is 1. The number of rotatable bonds is 5. The van der Waals surface area contributed by atoms with Crippen molar-refractivity contribution in [3.05, 3.63) is 75.9 Å². The molecule has 118 valence electrons. The van der Waals surface area contributed by atoms with Gasteiger partial charge in [-0.05, 0) is 17.7 Å². The van der Waals surface area contributed by atoms with Crippen LogP contribution in [0.5, 0.6) is 0 Å². The summed E-state index contributed by atoms with van der Waals surface area (Å²) in [5, 5.41) is 6.49. The predicted molar refractivity (Wildman–Crippen MR) is 92.3 cm³/mol. The van der Waals surface area contributed by atoms with E-state index in [1.165, 1.54) is 0 Å². The second-order valence-corrected chi connectivity index (χ2v) is 5.55. The lowest BCUT2D eigenvalue weighted by Crippen LogP contribution is -2.33. The Hall–Kier alpha value is -2.21. The molecule has 0 amide bonds. The topological polar surface area (TPSA) is 48.9 Å². The van der Waals surface area contributed by atoms with Gasteiger partial charge in [0.25, 0.3) is 0 Å². The second-order valence-electron chi connectivity index (χ2n) is 4.74. The highest BCUT2D eigenvalue weighted by Crippen LogP contribution is 2.32. The summed E-state index contributed by atoms with van der Waals surface area (Å²) in [4.78, 5) is 0. The van der Waals surface area contributed by atoms with E-state index in [0.29, 0.717) is 28.0 Å². The lowest BCUT2D eigenvalue weighted by molar-refractivity contribution is 0.256. The summed E-state index contributed by atoms with van der Waals surface area (Å²) in [6.45, 7) is 0.395. The Balaban J connectivity index is 1.89. The fourth-order valence-electron chi connectivity index (χ4n) is 2.04. The second kappa shape index (κ2) is 7.37. The summed E-state index contributed by atoms with van der Waals surface area (Å²) in [7, 11) is 0. The first kappa shape index (κ1) is 15.7. The van der Waals surface area contributed by atoms with Gasteiger partial charge in [-0.15, -0.1) is 5.53 Å². The Labute approximate surface area is 144 Å². The number of nitrogens with one attached hydrogen (secondary N) is 2. The molecule has 2 aromatic rings. The minimum Gasteiger partial charge on any atom is -0.487 e. The van der Waals surface area contributed by atoms with Gasteiger partial charge >= 0.3 is 0 Å². The average molecular weight is 349 g/mol. The number of nitrogens with zero attached hydrogens (tertiary/aromatic N) is 2. The van der Waals surface area contributed by atoms with Crippen molar-refractivity contribution in [1.82, 2.24) is 16.1 Å². The van der Waals surface area contributed by atoms with Crippen LogP contribution in [0.3, 0.4) is 0 Å². The molecular formula is C16H14Cl2N4O. The normalized spacial score (nSPS) is 14.0. The lowest BCUT2D eigenvalue weighted by atomic mass is 10.2. The third kappa shape index (κ3) is 3.96. The summed E-state index contributed by atoms with van der Waals surface area (Å²) in [5.74, 6) is 0.534. The molecule has 0 bridgehead atoms. The van der Waals surface area contributed by atoms with Crippen LogP contribution in [0, 0.1) is 0 Å². The summed E-state index contributed by atoms with van der Waals surface area (Å²) in [6, 6.07) is 15.2. The molecule has 1 heterocycles. The van der Waals surface area contributed by atoms with Crippen molar-refractivity contribution in [1.29, 1.82) is 0 Å². The van der Waals surface area contributed by atoms with E-state index >= 15 is 0 Å². The smallest absolute Gasteiger partial charge is 0.147 e. The molecule has 5 nitrogen and oxygen atoms in total. The van der Waals surface area contributed by atoms with Gasteiger partial charge in [0.15, 0.2) is 0 Å². The van der Waals surface area contributed by atoms with Gasteiger partial charge < -0.3 is 4.74 Å².